The monoisotopic (exact) mass is 442 g/mol. The first kappa shape index (κ1) is 24.4. The predicted molar refractivity (Wildman–Crippen MR) is 138 cm³/mol. The van der Waals surface area contributed by atoms with Crippen molar-refractivity contribution in [3.63, 3.8) is 0 Å². The summed E-state index contributed by atoms with van der Waals surface area (Å²) in [7, 11) is 8.11. The number of likely N-dealkylation sites (N-methyl/N-ethyl adjacent to an activating group) is 1. The van der Waals surface area contributed by atoms with Crippen LogP contribution in [-0.4, -0.2) is 56.9 Å². The van der Waals surface area contributed by atoms with Crippen LogP contribution in [0.15, 0.2) is 72.8 Å². The van der Waals surface area contributed by atoms with Gasteiger partial charge in [0.15, 0.2) is 5.78 Å². The molecule has 0 atom stereocenters. The van der Waals surface area contributed by atoms with E-state index < -0.39 is 0 Å². The van der Waals surface area contributed by atoms with Crippen LogP contribution in [0.4, 0.5) is 0 Å². The molecule has 0 aliphatic heterocycles. The largest absolute Gasteiger partial charge is 0.491 e. The highest BCUT2D eigenvalue weighted by Crippen LogP contribution is 2.29. The highest BCUT2D eigenvalue weighted by atomic mass is 16.5. The zero-order chi connectivity index (χ0) is 23.8. The van der Waals surface area contributed by atoms with Crippen LogP contribution in [0.2, 0.25) is 0 Å². The van der Waals surface area contributed by atoms with Crippen LogP contribution in [0.3, 0.4) is 0 Å². The normalized spacial score (nSPS) is 11.5. The second-order valence-corrected chi connectivity index (χ2v) is 8.85. The Hall–Kier alpha value is -3.21. The van der Waals surface area contributed by atoms with Crippen LogP contribution in [0, 0.1) is 6.92 Å². The lowest BCUT2D eigenvalue weighted by Crippen LogP contribution is -2.20. The molecule has 172 valence electrons. The number of hydrogen-bond acceptors (Lipinski definition) is 4. The van der Waals surface area contributed by atoms with Gasteiger partial charge in [-0.3, -0.25) is 4.79 Å². The van der Waals surface area contributed by atoms with E-state index in [9.17, 15) is 4.79 Å². The van der Waals surface area contributed by atoms with Crippen LogP contribution in [0.5, 0.6) is 5.75 Å². The summed E-state index contributed by atoms with van der Waals surface area (Å²) in [5.41, 5.74) is 6.12. The first-order chi connectivity index (χ1) is 15.8. The van der Waals surface area contributed by atoms with E-state index in [2.05, 4.69) is 55.1 Å². The molecular formula is C29H34N2O2. The number of hydrogen-bond donors (Lipinski definition) is 0. The van der Waals surface area contributed by atoms with Crippen molar-refractivity contribution >= 4 is 11.9 Å². The Morgan fingerprint density at radius 1 is 0.909 bits per heavy atom. The average Bonchev–Trinajstić information content (AvgIpc) is 2.78. The van der Waals surface area contributed by atoms with Crippen molar-refractivity contribution in [2.75, 3.05) is 41.3 Å². The lowest BCUT2D eigenvalue weighted by atomic mass is 9.97. The molecule has 3 rings (SSSR count). The van der Waals surface area contributed by atoms with Crippen LogP contribution in [0.1, 0.15) is 27.0 Å². The van der Waals surface area contributed by atoms with Gasteiger partial charge in [0, 0.05) is 13.1 Å². The fraction of sp³-hybridized carbons (Fsp3) is 0.276. The van der Waals surface area contributed by atoms with Crippen LogP contribution in [-0.2, 0) is 6.54 Å². The van der Waals surface area contributed by atoms with E-state index in [-0.39, 0.29) is 5.78 Å². The van der Waals surface area contributed by atoms with Crippen molar-refractivity contribution in [2.45, 2.75) is 13.5 Å². The Morgan fingerprint density at radius 2 is 1.64 bits per heavy atom. The smallest absolute Gasteiger partial charge is 0.189 e. The second-order valence-electron chi connectivity index (χ2n) is 8.85. The number of rotatable bonds is 10. The minimum atomic E-state index is -0.0670. The fourth-order valence-electron chi connectivity index (χ4n) is 3.61. The number of allylic oxidation sites excluding steroid dienone is 1. The van der Waals surface area contributed by atoms with E-state index in [0.29, 0.717) is 17.9 Å². The number of ether oxygens (including phenoxy) is 1. The van der Waals surface area contributed by atoms with E-state index in [1.807, 2.05) is 62.6 Å². The number of ketones is 1. The zero-order valence-electron chi connectivity index (χ0n) is 20.3. The minimum absolute atomic E-state index is 0.0670. The predicted octanol–water partition coefficient (Wildman–Crippen LogP) is 5.56. The molecule has 0 bridgehead atoms. The van der Waals surface area contributed by atoms with E-state index in [1.165, 1.54) is 11.1 Å². The van der Waals surface area contributed by atoms with Gasteiger partial charge >= 0.3 is 0 Å². The number of carbonyl (C=O) groups excluding carboxylic acids is 1. The third kappa shape index (κ3) is 7.14. The van der Waals surface area contributed by atoms with Gasteiger partial charge in [0.1, 0.15) is 12.4 Å². The molecule has 0 aliphatic carbocycles. The summed E-state index contributed by atoms with van der Waals surface area (Å²) in [6.45, 7) is 4.27. The maximum absolute atomic E-state index is 13.2. The first-order valence-corrected chi connectivity index (χ1v) is 11.3. The molecule has 0 unspecified atom stereocenters. The first-order valence-electron chi connectivity index (χ1n) is 11.3. The topological polar surface area (TPSA) is 32.8 Å². The molecule has 0 aromatic heterocycles. The van der Waals surface area contributed by atoms with Crippen LogP contribution < -0.4 is 4.74 Å². The fourth-order valence-corrected chi connectivity index (χ4v) is 3.61. The van der Waals surface area contributed by atoms with Crippen LogP contribution in [0.25, 0.3) is 17.2 Å². The van der Waals surface area contributed by atoms with Crippen molar-refractivity contribution in [1.29, 1.82) is 0 Å². The Morgan fingerprint density at radius 3 is 2.30 bits per heavy atom. The van der Waals surface area contributed by atoms with Gasteiger partial charge < -0.3 is 14.5 Å². The third-order valence-corrected chi connectivity index (χ3v) is 5.40. The number of carbonyl (C=O) groups is 1. The Balaban J connectivity index is 1.87. The maximum Gasteiger partial charge on any atom is 0.189 e. The van der Waals surface area contributed by atoms with Gasteiger partial charge in [-0.2, -0.15) is 0 Å². The molecule has 4 heteroatoms. The van der Waals surface area contributed by atoms with Crippen molar-refractivity contribution in [3.8, 4) is 16.9 Å². The van der Waals surface area contributed by atoms with Gasteiger partial charge in [-0.1, -0.05) is 60.7 Å². The Bertz CT molecular complexity index is 1100. The molecular weight excluding hydrogens is 408 g/mol. The minimum Gasteiger partial charge on any atom is -0.491 e. The summed E-state index contributed by atoms with van der Waals surface area (Å²) in [6, 6.07) is 22.4. The molecule has 4 nitrogen and oxygen atoms in total. The summed E-state index contributed by atoms with van der Waals surface area (Å²) < 4.78 is 5.99. The summed E-state index contributed by atoms with van der Waals surface area (Å²) in [6.07, 6.45) is 3.50. The molecule has 33 heavy (non-hydrogen) atoms. The quantitative estimate of drug-likeness (QED) is 0.304. The number of benzene rings is 3. The molecule has 0 radical (unpaired) electrons. The van der Waals surface area contributed by atoms with Crippen molar-refractivity contribution < 1.29 is 9.53 Å². The van der Waals surface area contributed by atoms with Gasteiger partial charge in [0.05, 0.1) is 5.56 Å². The standard InChI is InChI=1S/C29H34N2O2/c1-22-8-6-7-9-26(22)25-15-17-29(33-19-18-30(2)3)27(20-25)28(32)16-14-23-10-12-24(13-11-23)21-31(4)5/h6-17,20H,18-19,21H2,1-5H3/b16-14+. The molecule has 0 heterocycles. The Kier molecular flexibility index (Phi) is 8.58. The van der Waals surface area contributed by atoms with Crippen molar-refractivity contribution in [1.82, 2.24) is 9.80 Å². The molecule has 0 aliphatic rings. The molecule has 0 N–H and O–H groups in total. The summed E-state index contributed by atoms with van der Waals surface area (Å²) in [5, 5.41) is 0. The molecule has 0 spiro atoms. The van der Waals surface area contributed by atoms with E-state index in [0.717, 1.165) is 29.8 Å². The van der Waals surface area contributed by atoms with Crippen molar-refractivity contribution in [2.24, 2.45) is 0 Å². The zero-order valence-corrected chi connectivity index (χ0v) is 20.3. The maximum atomic E-state index is 13.2. The highest BCUT2D eigenvalue weighted by molar-refractivity contribution is 6.09. The lowest BCUT2D eigenvalue weighted by Gasteiger charge is -2.15. The molecule has 0 fully saturated rings. The van der Waals surface area contributed by atoms with Gasteiger partial charge in [-0.25, -0.2) is 0 Å². The van der Waals surface area contributed by atoms with Gasteiger partial charge in [-0.15, -0.1) is 0 Å². The second kappa shape index (κ2) is 11.6. The lowest BCUT2D eigenvalue weighted by molar-refractivity contribution is 0.104. The van der Waals surface area contributed by atoms with Crippen molar-refractivity contribution in [3.05, 3.63) is 95.1 Å². The molecule has 0 saturated heterocycles. The average molecular weight is 443 g/mol. The SMILES string of the molecule is Cc1ccccc1-c1ccc(OCCN(C)C)c(C(=O)/C=C/c2ccc(CN(C)C)cc2)c1. The molecule has 0 amide bonds. The third-order valence-electron chi connectivity index (χ3n) is 5.40. The molecule has 0 saturated carbocycles. The Labute approximate surface area is 198 Å². The summed E-state index contributed by atoms with van der Waals surface area (Å²) >= 11 is 0. The molecule has 3 aromatic carbocycles. The molecule has 3 aromatic rings. The van der Waals surface area contributed by atoms with Crippen LogP contribution >= 0.6 is 0 Å². The van der Waals surface area contributed by atoms with Gasteiger partial charge in [0.2, 0.25) is 0 Å². The van der Waals surface area contributed by atoms with E-state index in [4.69, 9.17) is 4.74 Å². The summed E-state index contributed by atoms with van der Waals surface area (Å²) in [5.74, 6) is 0.549. The highest BCUT2D eigenvalue weighted by Gasteiger charge is 2.13. The van der Waals surface area contributed by atoms with E-state index in [1.54, 1.807) is 6.08 Å². The van der Waals surface area contributed by atoms with Gasteiger partial charge in [0.25, 0.3) is 0 Å². The van der Waals surface area contributed by atoms with E-state index >= 15 is 0 Å². The summed E-state index contributed by atoms with van der Waals surface area (Å²) in [4.78, 5) is 17.4. The number of nitrogens with zero attached hydrogens (tertiary/aromatic N) is 2. The number of aryl methyl sites for hydroxylation is 1. The van der Waals surface area contributed by atoms with Gasteiger partial charge in [-0.05, 0) is 81.1 Å².